The fourth-order valence-electron chi connectivity index (χ4n) is 3.43. The fourth-order valence-corrected chi connectivity index (χ4v) is 3.43. The van der Waals surface area contributed by atoms with E-state index in [4.69, 9.17) is 9.47 Å². The molecule has 1 amide bonds. The van der Waals surface area contributed by atoms with Crippen LogP contribution >= 0.6 is 0 Å². The molecule has 0 aromatic rings. The Morgan fingerprint density at radius 3 is 2.58 bits per heavy atom. The molecule has 1 saturated carbocycles. The van der Waals surface area contributed by atoms with Gasteiger partial charge in [0.05, 0.1) is 0 Å². The third-order valence-corrected chi connectivity index (χ3v) is 5.04. The fraction of sp³-hybridized carbons (Fsp3) is 0.895. The van der Waals surface area contributed by atoms with Crippen molar-refractivity contribution < 1.29 is 14.3 Å². The Kier molecular flexibility index (Phi) is 10.4. The van der Waals surface area contributed by atoms with Crippen LogP contribution in [0.25, 0.3) is 0 Å². The highest BCUT2D eigenvalue weighted by Gasteiger charge is 2.16. The van der Waals surface area contributed by atoms with Gasteiger partial charge in [-0.1, -0.05) is 12.8 Å². The second-order valence-corrected chi connectivity index (χ2v) is 7.21. The highest BCUT2D eigenvalue weighted by atomic mass is 16.5. The first kappa shape index (κ1) is 21.0. The second kappa shape index (κ2) is 12.9. The minimum atomic E-state index is 0.126. The molecule has 1 saturated heterocycles. The summed E-state index contributed by atoms with van der Waals surface area (Å²) in [4.78, 5) is 16.1. The van der Waals surface area contributed by atoms with Crippen molar-refractivity contribution >= 4 is 11.9 Å². The molecule has 26 heavy (non-hydrogen) atoms. The lowest BCUT2D eigenvalue weighted by atomic mass is 10.0. The Hall–Kier alpha value is -1.34. The number of carbonyl (C=O) groups excluding carboxylic acids is 1. The van der Waals surface area contributed by atoms with Crippen LogP contribution in [0.2, 0.25) is 0 Å². The number of guanidine groups is 1. The number of nitrogens with zero attached hydrogens (tertiary/aromatic N) is 1. The van der Waals surface area contributed by atoms with Crippen molar-refractivity contribution in [3.05, 3.63) is 0 Å². The van der Waals surface area contributed by atoms with Crippen LogP contribution in [0.15, 0.2) is 4.99 Å². The SMILES string of the molecule is CN=C(NCCCOCC1CCOCC1)NCCC(=O)NC1CCCC1. The van der Waals surface area contributed by atoms with Gasteiger partial charge in [0.25, 0.3) is 0 Å². The van der Waals surface area contributed by atoms with Gasteiger partial charge in [-0.05, 0) is 38.0 Å². The van der Waals surface area contributed by atoms with Crippen LogP contribution in [0, 0.1) is 5.92 Å². The van der Waals surface area contributed by atoms with Crippen molar-refractivity contribution in [3.8, 4) is 0 Å². The largest absolute Gasteiger partial charge is 0.381 e. The Morgan fingerprint density at radius 2 is 1.85 bits per heavy atom. The number of rotatable bonds is 10. The topological polar surface area (TPSA) is 84.0 Å². The zero-order valence-electron chi connectivity index (χ0n) is 16.2. The molecular weight excluding hydrogens is 332 g/mol. The maximum atomic E-state index is 11.9. The minimum Gasteiger partial charge on any atom is -0.381 e. The highest BCUT2D eigenvalue weighted by molar-refractivity contribution is 5.81. The number of hydrogen-bond acceptors (Lipinski definition) is 4. The van der Waals surface area contributed by atoms with Gasteiger partial charge < -0.3 is 25.4 Å². The molecule has 1 heterocycles. The van der Waals surface area contributed by atoms with E-state index in [1.165, 1.54) is 12.8 Å². The monoisotopic (exact) mass is 368 g/mol. The smallest absolute Gasteiger partial charge is 0.221 e. The molecule has 1 aliphatic carbocycles. The van der Waals surface area contributed by atoms with E-state index in [0.717, 1.165) is 71.0 Å². The molecule has 0 aromatic heterocycles. The third kappa shape index (κ3) is 8.85. The molecule has 3 N–H and O–H groups in total. The number of aliphatic imine (C=N–C) groups is 1. The van der Waals surface area contributed by atoms with Gasteiger partial charge >= 0.3 is 0 Å². The number of ether oxygens (including phenoxy) is 2. The summed E-state index contributed by atoms with van der Waals surface area (Å²) in [5, 5.41) is 9.55. The zero-order chi connectivity index (χ0) is 18.5. The second-order valence-electron chi connectivity index (χ2n) is 7.21. The molecule has 7 heteroatoms. The Morgan fingerprint density at radius 1 is 1.12 bits per heavy atom. The molecular formula is C19H36N4O3. The minimum absolute atomic E-state index is 0.126. The molecule has 2 fully saturated rings. The molecule has 7 nitrogen and oxygen atoms in total. The average molecular weight is 369 g/mol. The van der Waals surface area contributed by atoms with Gasteiger partial charge in [-0.15, -0.1) is 0 Å². The predicted molar refractivity (Wildman–Crippen MR) is 103 cm³/mol. The summed E-state index contributed by atoms with van der Waals surface area (Å²) in [7, 11) is 1.75. The molecule has 0 spiro atoms. The number of amides is 1. The van der Waals surface area contributed by atoms with Crippen molar-refractivity contribution in [2.45, 2.75) is 57.4 Å². The van der Waals surface area contributed by atoms with Crippen LogP contribution in [0.1, 0.15) is 51.4 Å². The first-order chi connectivity index (χ1) is 12.8. The molecule has 0 bridgehead atoms. The molecule has 150 valence electrons. The van der Waals surface area contributed by atoms with E-state index in [0.29, 0.717) is 24.9 Å². The van der Waals surface area contributed by atoms with Gasteiger partial charge in [-0.3, -0.25) is 9.79 Å². The van der Waals surface area contributed by atoms with Crippen LogP contribution in [0.5, 0.6) is 0 Å². The lowest BCUT2D eigenvalue weighted by molar-refractivity contribution is -0.121. The van der Waals surface area contributed by atoms with Gasteiger partial charge in [-0.25, -0.2) is 0 Å². The van der Waals surface area contributed by atoms with Crippen molar-refractivity contribution in [2.24, 2.45) is 10.9 Å². The van der Waals surface area contributed by atoms with E-state index in [1.54, 1.807) is 7.05 Å². The highest BCUT2D eigenvalue weighted by Crippen LogP contribution is 2.17. The lowest BCUT2D eigenvalue weighted by Gasteiger charge is -2.21. The zero-order valence-corrected chi connectivity index (χ0v) is 16.2. The van der Waals surface area contributed by atoms with Gasteiger partial charge in [0.15, 0.2) is 5.96 Å². The van der Waals surface area contributed by atoms with E-state index < -0.39 is 0 Å². The van der Waals surface area contributed by atoms with Gasteiger partial charge in [0.2, 0.25) is 5.91 Å². The van der Waals surface area contributed by atoms with Crippen molar-refractivity contribution in [1.29, 1.82) is 0 Å². The molecule has 0 unspecified atom stereocenters. The van der Waals surface area contributed by atoms with E-state index in [1.807, 2.05) is 0 Å². The first-order valence-corrected chi connectivity index (χ1v) is 10.2. The maximum absolute atomic E-state index is 11.9. The third-order valence-electron chi connectivity index (χ3n) is 5.04. The number of carbonyl (C=O) groups is 1. The summed E-state index contributed by atoms with van der Waals surface area (Å²) in [6, 6.07) is 0.390. The summed E-state index contributed by atoms with van der Waals surface area (Å²) in [5.74, 6) is 1.52. The number of hydrogen-bond donors (Lipinski definition) is 3. The molecule has 0 aromatic carbocycles. The van der Waals surface area contributed by atoms with Gasteiger partial charge in [0.1, 0.15) is 0 Å². The van der Waals surface area contributed by atoms with E-state index >= 15 is 0 Å². The molecule has 2 rings (SSSR count). The van der Waals surface area contributed by atoms with Crippen LogP contribution < -0.4 is 16.0 Å². The van der Waals surface area contributed by atoms with Crippen molar-refractivity contribution in [1.82, 2.24) is 16.0 Å². The normalized spacial score (nSPS) is 19.5. The Bertz CT molecular complexity index is 419. The van der Waals surface area contributed by atoms with Crippen molar-refractivity contribution in [3.63, 3.8) is 0 Å². The molecule has 0 atom stereocenters. The molecule has 2 aliphatic rings. The Labute approximate surface area is 157 Å². The first-order valence-electron chi connectivity index (χ1n) is 10.2. The summed E-state index contributed by atoms with van der Waals surface area (Å²) in [6.07, 6.45) is 8.36. The Balaban J connectivity index is 1.43. The lowest BCUT2D eigenvalue weighted by Crippen LogP contribution is -2.40. The van der Waals surface area contributed by atoms with Gasteiger partial charge in [-0.2, -0.15) is 0 Å². The number of nitrogens with one attached hydrogen (secondary N) is 3. The van der Waals surface area contributed by atoms with Gasteiger partial charge in [0, 0.05) is 59.0 Å². The van der Waals surface area contributed by atoms with Crippen LogP contribution in [0.3, 0.4) is 0 Å². The molecule has 1 aliphatic heterocycles. The van der Waals surface area contributed by atoms with Crippen LogP contribution in [-0.2, 0) is 14.3 Å². The maximum Gasteiger partial charge on any atom is 0.221 e. The van der Waals surface area contributed by atoms with E-state index in [2.05, 4.69) is 20.9 Å². The molecule has 0 radical (unpaired) electrons. The predicted octanol–water partition coefficient (Wildman–Crippen LogP) is 1.43. The summed E-state index contributed by atoms with van der Waals surface area (Å²) < 4.78 is 11.1. The van der Waals surface area contributed by atoms with Crippen LogP contribution in [0.4, 0.5) is 0 Å². The van der Waals surface area contributed by atoms with E-state index in [-0.39, 0.29) is 5.91 Å². The summed E-state index contributed by atoms with van der Waals surface area (Å²) in [5.41, 5.74) is 0. The van der Waals surface area contributed by atoms with Crippen LogP contribution in [-0.4, -0.2) is 64.5 Å². The quantitative estimate of drug-likeness (QED) is 0.309. The summed E-state index contributed by atoms with van der Waals surface area (Å²) in [6.45, 7) is 4.74. The van der Waals surface area contributed by atoms with E-state index in [9.17, 15) is 4.79 Å². The van der Waals surface area contributed by atoms with Crippen molar-refractivity contribution in [2.75, 3.05) is 46.6 Å². The summed E-state index contributed by atoms with van der Waals surface area (Å²) >= 11 is 0. The average Bonchev–Trinajstić information content (AvgIpc) is 3.16. The standard InChI is InChI=1S/C19H36N4O3/c1-20-19(22-11-7-18(24)23-17-5-2-3-6-17)21-10-4-12-26-15-16-8-13-25-14-9-16/h16-17H,2-15H2,1H3,(H,23,24)(H2,20,21,22).